The normalized spacial score (nSPS) is 28.7. The molecule has 0 spiro atoms. The largest absolute Gasteiger partial charge is 0.344 e. The molecule has 5 nitrogen and oxygen atoms in total. The van der Waals surface area contributed by atoms with E-state index in [4.69, 9.17) is 15.2 Å². The fourth-order valence-corrected chi connectivity index (χ4v) is 2.21. The molecular formula is C13H17N3O2. The summed E-state index contributed by atoms with van der Waals surface area (Å²) in [6.07, 6.45) is 0. The van der Waals surface area contributed by atoms with Gasteiger partial charge in [0, 0.05) is 5.56 Å². The van der Waals surface area contributed by atoms with Crippen LogP contribution in [0.5, 0.6) is 0 Å². The van der Waals surface area contributed by atoms with Gasteiger partial charge >= 0.3 is 0 Å². The second kappa shape index (κ2) is 4.05. The van der Waals surface area contributed by atoms with Crippen LogP contribution in [0.3, 0.4) is 0 Å². The van der Waals surface area contributed by atoms with Gasteiger partial charge < -0.3 is 20.2 Å². The summed E-state index contributed by atoms with van der Waals surface area (Å²) in [6, 6.07) is 5.93. The van der Waals surface area contributed by atoms with Crippen LogP contribution in [0.15, 0.2) is 18.2 Å². The second-order valence-corrected chi connectivity index (χ2v) is 4.88. The highest BCUT2D eigenvalue weighted by Crippen LogP contribution is 2.31. The molecule has 2 heterocycles. The minimum atomic E-state index is -0.719. The molecule has 0 unspecified atom stereocenters. The first kappa shape index (κ1) is 11.6. The smallest absolute Gasteiger partial charge is 0.192 e. The van der Waals surface area contributed by atoms with Crippen LogP contribution in [0.4, 0.5) is 0 Å². The first-order chi connectivity index (χ1) is 8.57. The second-order valence-electron chi connectivity index (χ2n) is 4.88. The van der Waals surface area contributed by atoms with Crippen LogP contribution >= 0.6 is 0 Å². The van der Waals surface area contributed by atoms with E-state index in [9.17, 15) is 0 Å². The molecule has 5 heteroatoms. The summed E-state index contributed by atoms with van der Waals surface area (Å²) >= 11 is 0. The van der Waals surface area contributed by atoms with E-state index in [2.05, 4.69) is 9.97 Å². The molecule has 3 rings (SSSR count). The molecule has 0 atom stereocenters. The number of nitrogens with one attached hydrogen (secondary N) is 1. The van der Waals surface area contributed by atoms with E-state index in [1.54, 1.807) is 0 Å². The molecule has 2 aromatic rings. The lowest BCUT2D eigenvalue weighted by molar-refractivity contribution is -0.270. The predicted molar refractivity (Wildman–Crippen MR) is 68.1 cm³/mol. The summed E-state index contributed by atoms with van der Waals surface area (Å²) < 4.78 is 11.5. The van der Waals surface area contributed by atoms with E-state index in [-0.39, 0.29) is 6.04 Å². The van der Waals surface area contributed by atoms with Crippen molar-refractivity contribution in [3.05, 3.63) is 29.6 Å². The first-order valence-corrected chi connectivity index (χ1v) is 6.07. The minimum absolute atomic E-state index is 0.0452. The number of rotatable bonds is 1. The molecule has 0 aliphatic carbocycles. The summed E-state index contributed by atoms with van der Waals surface area (Å²) in [6.45, 7) is 4.88. The number of hydrogen-bond acceptors (Lipinski definition) is 4. The summed E-state index contributed by atoms with van der Waals surface area (Å²) in [4.78, 5) is 7.59. The number of imidazole rings is 1. The number of H-pyrrole nitrogens is 1. The molecule has 18 heavy (non-hydrogen) atoms. The van der Waals surface area contributed by atoms with Crippen molar-refractivity contribution in [3.63, 3.8) is 0 Å². The van der Waals surface area contributed by atoms with E-state index in [1.807, 2.05) is 32.0 Å². The van der Waals surface area contributed by atoms with Gasteiger partial charge in [0.05, 0.1) is 30.3 Å². The van der Waals surface area contributed by atoms with Crippen molar-refractivity contribution in [2.45, 2.75) is 25.7 Å². The SMILES string of the molecule is Cc1nc2ccc(C3(C)OCC(N)CO3)cc2[nH]1. The van der Waals surface area contributed by atoms with Gasteiger partial charge in [0.1, 0.15) is 5.82 Å². The van der Waals surface area contributed by atoms with Crippen LogP contribution in [0.25, 0.3) is 11.0 Å². The Morgan fingerprint density at radius 1 is 1.39 bits per heavy atom. The maximum absolute atomic E-state index is 5.76. The van der Waals surface area contributed by atoms with Gasteiger partial charge in [-0.2, -0.15) is 0 Å². The number of aryl methyl sites for hydroxylation is 1. The molecule has 1 aromatic carbocycles. The maximum Gasteiger partial charge on any atom is 0.192 e. The Kier molecular flexibility index (Phi) is 2.62. The number of nitrogens with zero attached hydrogens (tertiary/aromatic N) is 1. The molecule has 0 amide bonds. The number of aromatic nitrogens is 2. The highest BCUT2D eigenvalue weighted by Gasteiger charge is 2.34. The average molecular weight is 247 g/mol. The van der Waals surface area contributed by atoms with Crippen LogP contribution < -0.4 is 5.73 Å². The number of fused-ring (bicyclic) bond motifs is 1. The number of aromatic amines is 1. The van der Waals surface area contributed by atoms with Gasteiger partial charge in [-0.25, -0.2) is 4.98 Å². The zero-order valence-electron chi connectivity index (χ0n) is 10.6. The van der Waals surface area contributed by atoms with E-state index in [0.717, 1.165) is 22.4 Å². The molecule has 0 saturated carbocycles. The van der Waals surface area contributed by atoms with Crippen LogP contribution in [0.1, 0.15) is 18.3 Å². The maximum atomic E-state index is 5.76. The molecule has 1 fully saturated rings. The van der Waals surface area contributed by atoms with Gasteiger partial charge in [-0.05, 0) is 26.0 Å². The third-order valence-electron chi connectivity index (χ3n) is 3.27. The summed E-state index contributed by atoms with van der Waals surface area (Å²) in [5.41, 5.74) is 8.68. The van der Waals surface area contributed by atoms with Gasteiger partial charge in [-0.1, -0.05) is 6.07 Å². The number of benzene rings is 1. The van der Waals surface area contributed by atoms with Gasteiger partial charge in [-0.15, -0.1) is 0 Å². The van der Waals surface area contributed by atoms with Crippen molar-refractivity contribution < 1.29 is 9.47 Å². The van der Waals surface area contributed by atoms with Gasteiger partial charge in [-0.3, -0.25) is 0 Å². The highest BCUT2D eigenvalue weighted by atomic mass is 16.7. The van der Waals surface area contributed by atoms with Crippen molar-refractivity contribution in [3.8, 4) is 0 Å². The molecule has 1 saturated heterocycles. The first-order valence-electron chi connectivity index (χ1n) is 6.07. The number of ether oxygens (including phenoxy) is 2. The Hall–Kier alpha value is -1.43. The standard InChI is InChI=1S/C13H17N3O2/c1-8-15-11-4-3-9(5-12(11)16-8)13(2)17-6-10(14)7-18-13/h3-5,10H,6-7,14H2,1-2H3,(H,15,16). The fraction of sp³-hybridized carbons (Fsp3) is 0.462. The zero-order chi connectivity index (χ0) is 12.8. The Morgan fingerprint density at radius 2 is 2.11 bits per heavy atom. The Morgan fingerprint density at radius 3 is 2.83 bits per heavy atom. The lowest BCUT2D eigenvalue weighted by atomic mass is 10.1. The van der Waals surface area contributed by atoms with E-state index in [0.29, 0.717) is 13.2 Å². The summed E-state index contributed by atoms with van der Waals surface area (Å²) in [7, 11) is 0. The van der Waals surface area contributed by atoms with Crippen molar-refractivity contribution in [1.82, 2.24) is 9.97 Å². The van der Waals surface area contributed by atoms with Gasteiger partial charge in [0.2, 0.25) is 0 Å². The summed E-state index contributed by atoms with van der Waals surface area (Å²) in [5.74, 6) is 0.183. The van der Waals surface area contributed by atoms with Crippen molar-refractivity contribution in [2.24, 2.45) is 5.73 Å². The molecule has 0 bridgehead atoms. The van der Waals surface area contributed by atoms with Crippen LogP contribution in [-0.4, -0.2) is 29.2 Å². The molecule has 1 aromatic heterocycles. The molecule has 3 N–H and O–H groups in total. The van der Waals surface area contributed by atoms with E-state index in [1.165, 1.54) is 0 Å². The summed E-state index contributed by atoms with van der Waals surface area (Å²) in [5, 5.41) is 0. The van der Waals surface area contributed by atoms with Crippen molar-refractivity contribution in [1.29, 1.82) is 0 Å². The predicted octanol–water partition coefficient (Wildman–Crippen LogP) is 1.42. The molecule has 1 aliphatic rings. The Labute approximate surface area is 105 Å². The topological polar surface area (TPSA) is 73.2 Å². The van der Waals surface area contributed by atoms with Gasteiger partial charge in [0.25, 0.3) is 0 Å². The number of hydrogen-bond donors (Lipinski definition) is 2. The zero-order valence-corrected chi connectivity index (χ0v) is 10.6. The third-order valence-corrected chi connectivity index (χ3v) is 3.27. The quantitative estimate of drug-likeness (QED) is 0.799. The average Bonchev–Trinajstić information content (AvgIpc) is 2.72. The van der Waals surface area contributed by atoms with Crippen LogP contribution in [0, 0.1) is 6.92 Å². The molecule has 96 valence electrons. The molecular weight excluding hydrogens is 230 g/mol. The van der Waals surface area contributed by atoms with Crippen molar-refractivity contribution >= 4 is 11.0 Å². The third kappa shape index (κ3) is 1.90. The Balaban J connectivity index is 1.98. The minimum Gasteiger partial charge on any atom is -0.344 e. The van der Waals surface area contributed by atoms with E-state index >= 15 is 0 Å². The molecule has 1 aliphatic heterocycles. The lowest BCUT2D eigenvalue weighted by Gasteiger charge is -2.36. The van der Waals surface area contributed by atoms with Crippen LogP contribution in [0.2, 0.25) is 0 Å². The fourth-order valence-electron chi connectivity index (χ4n) is 2.21. The molecule has 0 radical (unpaired) electrons. The monoisotopic (exact) mass is 247 g/mol. The van der Waals surface area contributed by atoms with E-state index < -0.39 is 5.79 Å². The van der Waals surface area contributed by atoms with Crippen molar-refractivity contribution in [2.75, 3.05) is 13.2 Å². The lowest BCUT2D eigenvalue weighted by Crippen LogP contribution is -2.46. The van der Waals surface area contributed by atoms with Gasteiger partial charge in [0.15, 0.2) is 5.79 Å². The highest BCUT2D eigenvalue weighted by molar-refractivity contribution is 5.76. The van der Waals surface area contributed by atoms with Crippen LogP contribution in [-0.2, 0) is 15.3 Å². The Bertz CT molecular complexity index is 571. The number of nitrogens with two attached hydrogens (primary N) is 1.